The summed E-state index contributed by atoms with van der Waals surface area (Å²) in [5.74, 6) is 0.664. The molecule has 1 aromatic carbocycles. The van der Waals surface area contributed by atoms with E-state index in [0.717, 1.165) is 0 Å². The van der Waals surface area contributed by atoms with Crippen molar-refractivity contribution in [3.8, 4) is 0 Å². The maximum atomic E-state index is 6.40. The predicted octanol–water partition coefficient (Wildman–Crippen LogP) is 3.75. The molecule has 1 fully saturated rings. The lowest BCUT2D eigenvalue weighted by Crippen LogP contribution is -2.23. The van der Waals surface area contributed by atoms with E-state index in [0.29, 0.717) is 5.92 Å². The molecule has 0 aliphatic heterocycles. The third-order valence-electron chi connectivity index (χ3n) is 4.07. The number of nitrogens with one attached hydrogen (secondary N) is 1. The maximum absolute atomic E-state index is 6.40. The molecular weight excluding hydrogens is 208 g/mol. The van der Waals surface area contributed by atoms with Gasteiger partial charge in [0, 0.05) is 17.3 Å². The minimum atomic E-state index is 0.183. The first-order valence-corrected chi connectivity index (χ1v) is 6.68. The average molecular weight is 228 g/mol. The highest BCUT2D eigenvalue weighted by Gasteiger charge is 2.22. The zero-order valence-corrected chi connectivity index (χ0v) is 10.2. The molecule has 1 unspecified atom stereocenters. The van der Waals surface area contributed by atoms with Crippen LogP contribution in [-0.2, 0) is 0 Å². The summed E-state index contributed by atoms with van der Waals surface area (Å²) in [5.41, 5.74) is 8.81. The summed E-state index contributed by atoms with van der Waals surface area (Å²) in [6, 6.07) is 10.8. The zero-order chi connectivity index (χ0) is 11.7. The Morgan fingerprint density at radius 1 is 1.12 bits per heavy atom. The van der Waals surface area contributed by atoms with Crippen molar-refractivity contribution in [2.75, 3.05) is 0 Å². The topological polar surface area (TPSA) is 41.8 Å². The number of para-hydroxylation sites is 1. The van der Waals surface area contributed by atoms with Crippen LogP contribution < -0.4 is 5.73 Å². The standard InChI is InChI=1S/C15H20N2/c16-15(11-6-2-1-3-7-11)14-10-12-8-4-5-9-13(12)17-14/h4-5,8-11,15,17H,1-3,6-7,16H2. The number of nitrogens with two attached hydrogens (primary N) is 1. The number of hydrogen-bond donors (Lipinski definition) is 2. The van der Waals surface area contributed by atoms with Gasteiger partial charge in [-0.1, -0.05) is 37.5 Å². The van der Waals surface area contributed by atoms with E-state index in [1.165, 1.54) is 48.7 Å². The highest BCUT2D eigenvalue weighted by Crippen LogP contribution is 2.33. The number of benzene rings is 1. The fourth-order valence-corrected chi connectivity index (χ4v) is 3.02. The Morgan fingerprint density at radius 3 is 2.65 bits per heavy atom. The van der Waals surface area contributed by atoms with Crippen LogP contribution >= 0.6 is 0 Å². The van der Waals surface area contributed by atoms with Gasteiger partial charge in [-0.15, -0.1) is 0 Å². The first kappa shape index (κ1) is 10.8. The quantitative estimate of drug-likeness (QED) is 0.807. The molecule has 3 rings (SSSR count). The van der Waals surface area contributed by atoms with Gasteiger partial charge in [-0.05, 0) is 36.3 Å². The fraction of sp³-hybridized carbons (Fsp3) is 0.467. The van der Waals surface area contributed by atoms with Gasteiger partial charge in [0.1, 0.15) is 0 Å². The van der Waals surface area contributed by atoms with E-state index in [-0.39, 0.29) is 6.04 Å². The lowest BCUT2D eigenvalue weighted by Gasteiger charge is -2.26. The number of aromatic nitrogens is 1. The van der Waals surface area contributed by atoms with Gasteiger partial charge in [-0.25, -0.2) is 0 Å². The second-order valence-electron chi connectivity index (χ2n) is 5.24. The molecule has 2 heteroatoms. The molecule has 1 saturated carbocycles. The Bertz CT molecular complexity index is 461. The van der Waals surface area contributed by atoms with E-state index < -0.39 is 0 Å². The van der Waals surface area contributed by atoms with Crippen molar-refractivity contribution in [3.63, 3.8) is 0 Å². The SMILES string of the molecule is NC(c1cc2ccccc2[nH]1)C1CCCCC1. The summed E-state index contributed by atoms with van der Waals surface area (Å²) >= 11 is 0. The van der Waals surface area contributed by atoms with Crippen LogP contribution in [0.15, 0.2) is 30.3 Å². The first-order valence-electron chi connectivity index (χ1n) is 6.68. The second-order valence-corrected chi connectivity index (χ2v) is 5.24. The number of hydrogen-bond acceptors (Lipinski definition) is 1. The number of H-pyrrole nitrogens is 1. The van der Waals surface area contributed by atoms with Crippen molar-refractivity contribution in [1.82, 2.24) is 4.98 Å². The monoisotopic (exact) mass is 228 g/mol. The third-order valence-corrected chi connectivity index (χ3v) is 4.07. The van der Waals surface area contributed by atoms with Gasteiger partial charge in [0.05, 0.1) is 0 Å². The molecular formula is C15H20N2. The maximum Gasteiger partial charge on any atom is 0.0476 e. The molecule has 2 nitrogen and oxygen atoms in total. The van der Waals surface area contributed by atoms with Crippen LogP contribution in [0.1, 0.15) is 43.8 Å². The van der Waals surface area contributed by atoms with Gasteiger partial charge in [-0.2, -0.15) is 0 Å². The van der Waals surface area contributed by atoms with Crippen LogP contribution in [0, 0.1) is 5.92 Å². The Kier molecular flexibility index (Phi) is 2.89. The van der Waals surface area contributed by atoms with Gasteiger partial charge in [-0.3, -0.25) is 0 Å². The van der Waals surface area contributed by atoms with E-state index >= 15 is 0 Å². The minimum Gasteiger partial charge on any atom is -0.357 e. The van der Waals surface area contributed by atoms with Crippen LogP contribution in [0.5, 0.6) is 0 Å². The lowest BCUT2D eigenvalue weighted by atomic mass is 9.83. The fourth-order valence-electron chi connectivity index (χ4n) is 3.02. The first-order chi connectivity index (χ1) is 8.34. The number of aromatic amines is 1. The van der Waals surface area contributed by atoms with Crippen LogP contribution in [0.3, 0.4) is 0 Å². The summed E-state index contributed by atoms with van der Waals surface area (Å²) in [4.78, 5) is 3.47. The predicted molar refractivity (Wildman–Crippen MR) is 71.8 cm³/mol. The van der Waals surface area contributed by atoms with Gasteiger partial charge in [0.25, 0.3) is 0 Å². The Morgan fingerprint density at radius 2 is 1.88 bits per heavy atom. The molecule has 1 aliphatic rings. The lowest BCUT2D eigenvalue weighted by molar-refractivity contribution is 0.305. The van der Waals surface area contributed by atoms with Gasteiger partial charge in [0.2, 0.25) is 0 Å². The normalized spacial score (nSPS) is 19.6. The summed E-state index contributed by atoms with van der Waals surface area (Å²) in [5, 5.41) is 1.27. The largest absolute Gasteiger partial charge is 0.357 e. The molecule has 1 atom stereocenters. The van der Waals surface area contributed by atoms with Gasteiger partial charge >= 0.3 is 0 Å². The average Bonchev–Trinajstić information content (AvgIpc) is 2.82. The van der Waals surface area contributed by atoms with Crippen LogP contribution in [-0.4, -0.2) is 4.98 Å². The van der Waals surface area contributed by atoms with Crippen molar-refractivity contribution in [2.45, 2.75) is 38.1 Å². The van der Waals surface area contributed by atoms with Crippen molar-refractivity contribution < 1.29 is 0 Å². The molecule has 0 radical (unpaired) electrons. The molecule has 1 aromatic heterocycles. The van der Waals surface area contributed by atoms with Crippen LogP contribution in [0.2, 0.25) is 0 Å². The van der Waals surface area contributed by atoms with E-state index in [2.05, 4.69) is 35.3 Å². The summed E-state index contributed by atoms with van der Waals surface area (Å²) in [7, 11) is 0. The molecule has 1 aliphatic carbocycles. The number of fused-ring (bicyclic) bond motifs is 1. The summed E-state index contributed by atoms with van der Waals surface area (Å²) in [6.45, 7) is 0. The van der Waals surface area contributed by atoms with E-state index in [1.54, 1.807) is 0 Å². The molecule has 0 saturated heterocycles. The van der Waals surface area contributed by atoms with Crippen LogP contribution in [0.25, 0.3) is 10.9 Å². The van der Waals surface area contributed by atoms with Crippen molar-refractivity contribution in [2.24, 2.45) is 11.7 Å². The zero-order valence-electron chi connectivity index (χ0n) is 10.2. The van der Waals surface area contributed by atoms with Crippen molar-refractivity contribution in [3.05, 3.63) is 36.0 Å². The van der Waals surface area contributed by atoms with E-state index in [1.807, 2.05) is 0 Å². The highest BCUT2D eigenvalue weighted by molar-refractivity contribution is 5.80. The smallest absolute Gasteiger partial charge is 0.0476 e. The molecule has 0 bridgehead atoms. The molecule has 3 N–H and O–H groups in total. The van der Waals surface area contributed by atoms with Gasteiger partial charge < -0.3 is 10.7 Å². The molecule has 0 amide bonds. The molecule has 90 valence electrons. The Balaban J connectivity index is 1.86. The molecule has 0 spiro atoms. The molecule has 17 heavy (non-hydrogen) atoms. The Hall–Kier alpha value is -1.28. The minimum absolute atomic E-state index is 0.183. The summed E-state index contributed by atoms with van der Waals surface area (Å²) < 4.78 is 0. The highest BCUT2D eigenvalue weighted by atomic mass is 14.8. The number of rotatable bonds is 2. The van der Waals surface area contributed by atoms with E-state index in [4.69, 9.17) is 5.73 Å². The van der Waals surface area contributed by atoms with Crippen molar-refractivity contribution >= 4 is 10.9 Å². The Labute approximate surface area is 102 Å². The van der Waals surface area contributed by atoms with Crippen LogP contribution in [0.4, 0.5) is 0 Å². The molecule has 1 heterocycles. The van der Waals surface area contributed by atoms with Crippen molar-refractivity contribution in [1.29, 1.82) is 0 Å². The third kappa shape index (κ3) is 2.09. The van der Waals surface area contributed by atoms with E-state index in [9.17, 15) is 0 Å². The molecule has 2 aromatic rings. The summed E-state index contributed by atoms with van der Waals surface area (Å²) in [6.07, 6.45) is 6.65. The second kappa shape index (κ2) is 4.53. The van der Waals surface area contributed by atoms with Gasteiger partial charge in [0.15, 0.2) is 0 Å².